The van der Waals surface area contributed by atoms with E-state index in [0.29, 0.717) is 5.89 Å². The van der Waals surface area contributed by atoms with E-state index in [2.05, 4.69) is 103 Å². The molecule has 188 valence electrons. The molecule has 1 N–H and O–H groups in total. The van der Waals surface area contributed by atoms with Crippen molar-refractivity contribution < 1.29 is 9.42 Å². The van der Waals surface area contributed by atoms with Gasteiger partial charge in [0.15, 0.2) is 5.82 Å². The number of rotatable bonds is 14. The summed E-state index contributed by atoms with van der Waals surface area (Å²) in [6.45, 7) is 7.57. The second-order valence-electron chi connectivity index (χ2n) is 9.75. The quantitative estimate of drug-likeness (QED) is 0.199. The summed E-state index contributed by atoms with van der Waals surface area (Å²) in [5.74, 6) is 1.45. The van der Waals surface area contributed by atoms with Crippen LogP contribution in [0.2, 0.25) is 0 Å². The molecule has 4 aromatic rings. The first-order valence-electron chi connectivity index (χ1n) is 13.6. The Balaban J connectivity index is 1.31. The first-order valence-corrected chi connectivity index (χ1v) is 13.6. The van der Waals surface area contributed by atoms with Crippen LogP contribution in [0.15, 0.2) is 83.4 Å². The summed E-state index contributed by atoms with van der Waals surface area (Å²) in [5.41, 5.74) is 6.23. The number of quaternary nitrogens is 1. The smallest absolute Gasteiger partial charge is 0.257 e. The van der Waals surface area contributed by atoms with Gasteiger partial charge in [0.1, 0.15) is 13.1 Å². The van der Waals surface area contributed by atoms with E-state index in [0.717, 1.165) is 43.9 Å². The normalized spacial score (nSPS) is 12.1. The van der Waals surface area contributed by atoms with Crippen molar-refractivity contribution in [3.05, 3.63) is 95.8 Å². The van der Waals surface area contributed by atoms with Gasteiger partial charge in [0.25, 0.3) is 5.89 Å². The number of hydrogen-bond donors (Lipinski definition) is 1. The van der Waals surface area contributed by atoms with Gasteiger partial charge in [-0.1, -0.05) is 105 Å². The predicted molar refractivity (Wildman–Crippen MR) is 148 cm³/mol. The summed E-state index contributed by atoms with van der Waals surface area (Å²) in [4.78, 5) is 6.16. The molecule has 0 saturated heterocycles. The first-order chi connectivity index (χ1) is 17.7. The number of benzene rings is 3. The van der Waals surface area contributed by atoms with Crippen LogP contribution in [0, 0.1) is 0 Å². The van der Waals surface area contributed by atoms with Crippen molar-refractivity contribution in [3.63, 3.8) is 0 Å². The molecule has 1 aromatic heterocycles. The van der Waals surface area contributed by atoms with Crippen molar-refractivity contribution in [2.24, 2.45) is 0 Å². The monoisotopic (exact) mass is 482 g/mol. The average molecular weight is 483 g/mol. The molecule has 1 unspecified atom stereocenters. The van der Waals surface area contributed by atoms with Crippen LogP contribution in [-0.4, -0.2) is 16.7 Å². The van der Waals surface area contributed by atoms with E-state index in [1.807, 2.05) is 0 Å². The molecule has 4 nitrogen and oxygen atoms in total. The van der Waals surface area contributed by atoms with E-state index >= 15 is 0 Å². The van der Waals surface area contributed by atoms with E-state index in [9.17, 15) is 0 Å². The van der Waals surface area contributed by atoms with Gasteiger partial charge in [-0.25, -0.2) is 0 Å². The molecule has 3 aromatic carbocycles. The van der Waals surface area contributed by atoms with Crippen molar-refractivity contribution in [1.29, 1.82) is 0 Å². The number of nitrogens with zero attached hydrogens (tertiary/aromatic N) is 2. The molecule has 36 heavy (non-hydrogen) atoms. The van der Waals surface area contributed by atoms with Crippen LogP contribution in [0.1, 0.15) is 69.3 Å². The summed E-state index contributed by atoms with van der Waals surface area (Å²) in [5, 5.41) is 4.20. The Morgan fingerprint density at radius 3 is 2.17 bits per heavy atom. The molecule has 0 aliphatic carbocycles. The number of aromatic nitrogens is 2. The van der Waals surface area contributed by atoms with Crippen LogP contribution in [0.5, 0.6) is 0 Å². The SMILES string of the molecule is CCCCCCCCc1noc(-c2ccc(C[NH+](CC)Cc3cccc(-c4ccccc4)c3)cc2)n1. The molecule has 0 saturated carbocycles. The van der Waals surface area contributed by atoms with Gasteiger partial charge < -0.3 is 9.42 Å². The number of nitrogens with one attached hydrogen (secondary N) is 1. The lowest BCUT2D eigenvalue weighted by atomic mass is 10.0. The maximum atomic E-state index is 5.55. The lowest BCUT2D eigenvalue weighted by molar-refractivity contribution is -0.925. The van der Waals surface area contributed by atoms with Gasteiger partial charge in [0.2, 0.25) is 0 Å². The van der Waals surface area contributed by atoms with Crippen LogP contribution >= 0.6 is 0 Å². The molecular weight excluding hydrogens is 442 g/mol. The lowest BCUT2D eigenvalue weighted by Gasteiger charge is -2.18. The molecular formula is C32H40N3O+. The van der Waals surface area contributed by atoms with Gasteiger partial charge in [-0.05, 0) is 42.7 Å². The number of hydrogen-bond acceptors (Lipinski definition) is 3. The largest absolute Gasteiger partial charge is 0.334 e. The Morgan fingerprint density at radius 2 is 1.39 bits per heavy atom. The molecule has 1 atom stereocenters. The molecule has 0 aliphatic rings. The van der Waals surface area contributed by atoms with Crippen LogP contribution in [-0.2, 0) is 19.5 Å². The molecule has 1 heterocycles. The zero-order chi connectivity index (χ0) is 25.0. The Kier molecular flexibility index (Phi) is 9.87. The van der Waals surface area contributed by atoms with Crippen molar-refractivity contribution >= 4 is 0 Å². The van der Waals surface area contributed by atoms with Crippen molar-refractivity contribution in [2.45, 2.75) is 71.9 Å². The minimum Gasteiger partial charge on any atom is -0.334 e. The highest BCUT2D eigenvalue weighted by Crippen LogP contribution is 2.20. The van der Waals surface area contributed by atoms with E-state index in [4.69, 9.17) is 4.52 Å². The maximum absolute atomic E-state index is 5.55. The Labute approximate surface area is 216 Å². The summed E-state index contributed by atoms with van der Waals surface area (Å²) >= 11 is 0. The fraction of sp³-hybridized carbons (Fsp3) is 0.375. The third-order valence-corrected chi connectivity index (χ3v) is 6.87. The fourth-order valence-corrected chi connectivity index (χ4v) is 4.68. The highest BCUT2D eigenvalue weighted by atomic mass is 16.5. The van der Waals surface area contributed by atoms with E-state index in [-0.39, 0.29) is 0 Å². The van der Waals surface area contributed by atoms with Gasteiger partial charge >= 0.3 is 0 Å². The summed E-state index contributed by atoms with van der Waals surface area (Å²) < 4.78 is 5.55. The third-order valence-electron chi connectivity index (χ3n) is 6.87. The third kappa shape index (κ3) is 7.63. The first kappa shape index (κ1) is 25.8. The Morgan fingerprint density at radius 1 is 0.667 bits per heavy atom. The predicted octanol–water partition coefficient (Wildman–Crippen LogP) is 6.91. The molecule has 0 aliphatic heterocycles. The summed E-state index contributed by atoms with van der Waals surface area (Å²) in [6.07, 6.45) is 8.52. The van der Waals surface area contributed by atoms with Gasteiger partial charge in [-0.15, -0.1) is 0 Å². The molecule has 0 amide bonds. The molecule has 0 fully saturated rings. The van der Waals surface area contributed by atoms with Crippen molar-refractivity contribution in [1.82, 2.24) is 10.1 Å². The highest BCUT2D eigenvalue weighted by molar-refractivity contribution is 5.63. The van der Waals surface area contributed by atoms with E-state index < -0.39 is 0 Å². The molecule has 0 bridgehead atoms. The van der Waals surface area contributed by atoms with Gasteiger partial charge in [-0.3, -0.25) is 0 Å². The highest BCUT2D eigenvalue weighted by Gasteiger charge is 2.12. The van der Waals surface area contributed by atoms with Crippen LogP contribution < -0.4 is 4.90 Å². The summed E-state index contributed by atoms with van der Waals surface area (Å²) in [7, 11) is 0. The average Bonchev–Trinajstić information content (AvgIpc) is 3.40. The zero-order valence-corrected chi connectivity index (χ0v) is 21.9. The fourth-order valence-electron chi connectivity index (χ4n) is 4.68. The van der Waals surface area contributed by atoms with Gasteiger partial charge in [0, 0.05) is 23.1 Å². The van der Waals surface area contributed by atoms with Gasteiger partial charge in [-0.2, -0.15) is 4.98 Å². The molecule has 0 radical (unpaired) electrons. The minimum absolute atomic E-state index is 0.625. The second-order valence-corrected chi connectivity index (χ2v) is 9.75. The standard InChI is InChI=1S/C32H39N3O/c1-3-5-6-7-8-12-18-31-33-32(36-34-31)29-21-19-26(20-22-29)24-35(4-2)25-27-14-13-17-30(23-27)28-15-10-9-11-16-28/h9-11,13-17,19-23H,3-8,12,18,24-25H2,1-2H3/p+1. The van der Waals surface area contributed by atoms with E-state index in [1.54, 1.807) is 0 Å². The topological polar surface area (TPSA) is 43.4 Å². The van der Waals surface area contributed by atoms with Crippen molar-refractivity contribution in [3.8, 4) is 22.6 Å². The Hall–Kier alpha value is -3.24. The molecule has 4 heteroatoms. The van der Waals surface area contributed by atoms with Crippen LogP contribution in [0.25, 0.3) is 22.6 Å². The lowest BCUT2D eigenvalue weighted by Crippen LogP contribution is -3.09. The minimum atomic E-state index is 0.625. The molecule has 4 rings (SSSR count). The Bertz CT molecular complexity index is 1170. The number of unbranched alkanes of at least 4 members (excludes halogenated alkanes) is 5. The summed E-state index contributed by atoms with van der Waals surface area (Å²) in [6, 6.07) is 28.2. The van der Waals surface area contributed by atoms with Crippen LogP contribution in [0.3, 0.4) is 0 Å². The zero-order valence-electron chi connectivity index (χ0n) is 21.9. The van der Waals surface area contributed by atoms with Gasteiger partial charge in [0.05, 0.1) is 6.54 Å². The van der Waals surface area contributed by atoms with Crippen LogP contribution in [0.4, 0.5) is 0 Å². The molecule has 0 spiro atoms. The van der Waals surface area contributed by atoms with E-state index in [1.165, 1.54) is 59.3 Å². The maximum Gasteiger partial charge on any atom is 0.257 e. The number of aryl methyl sites for hydroxylation is 1. The van der Waals surface area contributed by atoms with Crippen molar-refractivity contribution in [2.75, 3.05) is 6.54 Å². The second kappa shape index (κ2) is 13.7.